The van der Waals surface area contributed by atoms with Crippen molar-refractivity contribution in [2.24, 2.45) is 0 Å². The van der Waals surface area contributed by atoms with Crippen molar-refractivity contribution in [3.63, 3.8) is 0 Å². The Bertz CT molecular complexity index is 1470. The Morgan fingerprint density at radius 2 is 1.94 bits per heavy atom. The van der Waals surface area contributed by atoms with Gasteiger partial charge in [-0.05, 0) is 47.9 Å². The number of methoxy groups -OCH3 is 1. The van der Waals surface area contributed by atoms with Crippen LogP contribution in [0.3, 0.4) is 0 Å². The van der Waals surface area contributed by atoms with E-state index in [0.717, 1.165) is 31.2 Å². The average molecular weight is 521 g/mol. The zero-order chi connectivity index (χ0) is 25.2. The monoisotopic (exact) mass is 520 g/mol. The zero-order valence-electron chi connectivity index (χ0n) is 19.1. The van der Waals surface area contributed by atoms with Gasteiger partial charge in [-0.25, -0.2) is 9.78 Å². The number of nitro groups is 1. The third kappa shape index (κ3) is 4.70. The van der Waals surface area contributed by atoms with Gasteiger partial charge in [-0.15, -0.1) is 22.7 Å². The number of thiophene rings is 1. The van der Waals surface area contributed by atoms with Crippen molar-refractivity contribution in [1.82, 2.24) is 9.88 Å². The lowest BCUT2D eigenvalue weighted by molar-refractivity contribution is -0.384. The number of fused-ring (bicyclic) bond motifs is 2. The number of hydrogen-bond donors (Lipinski definition) is 1. The number of carbonyl (C=O) groups excluding carboxylic acids is 2. The quantitative estimate of drug-likeness (QED) is 0.205. The molecule has 1 N–H and O–H groups in total. The van der Waals surface area contributed by atoms with Gasteiger partial charge in [-0.2, -0.15) is 0 Å². The number of nitrogens with zero attached hydrogens (tertiary/aromatic N) is 3. The number of rotatable bonds is 5. The van der Waals surface area contributed by atoms with E-state index in [1.54, 1.807) is 34.4 Å². The molecular weight excluding hydrogens is 500 g/mol. The molecule has 0 unspecified atom stereocenters. The van der Waals surface area contributed by atoms with Gasteiger partial charge in [0, 0.05) is 35.2 Å². The van der Waals surface area contributed by atoms with Gasteiger partial charge in [0.15, 0.2) is 0 Å². The lowest BCUT2D eigenvalue weighted by atomic mass is 10.0. The highest BCUT2D eigenvalue weighted by Crippen LogP contribution is 2.45. The number of anilines is 1. The normalized spacial score (nSPS) is 13.1. The van der Waals surface area contributed by atoms with Crippen molar-refractivity contribution in [2.75, 3.05) is 19.0 Å². The molecule has 0 atom stereocenters. The molecule has 4 aromatic rings. The summed E-state index contributed by atoms with van der Waals surface area (Å²) < 4.78 is 5.94. The van der Waals surface area contributed by atoms with Gasteiger partial charge in [-0.1, -0.05) is 12.1 Å². The lowest BCUT2D eigenvalue weighted by Crippen LogP contribution is -2.35. The van der Waals surface area contributed by atoms with Crippen LogP contribution in [0.15, 0.2) is 54.6 Å². The van der Waals surface area contributed by atoms with Crippen LogP contribution in [0.5, 0.6) is 0 Å². The molecule has 2 aromatic carbocycles. The number of ether oxygens (including phenoxy) is 1. The Morgan fingerprint density at radius 1 is 1.17 bits per heavy atom. The molecule has 36 heavy (non-hydrogen) atoms. The molecule has 2 aromatic heterocycles. The Labute approximate surface area is 213 Å². The first-order valence-electron chi connectivity index (χ1n) is 11.0. The fourth-order valence-electron chi connectivity index (χ4n) is 4.01. The van der Waals surface area contributed by atoms with Crippen LogP contribution >= 0.6 is 22.7 Å². The van der Waals surface area contributed by atoms with Gasteiger partial charge in [0.25, 0.3) is 5.69 Å². The molecular formula is C25H20N4O5S2. The third-order valence-corrected chi connectivity index (χ3v) is 7.95. The van der Waals surface area contributed by atoms with E-state index in [1.165, 1.54) is 36.7 Å². The van der Waals surface area contributed by atoms with Crippen LogP contribution in [0.1, 0.15) is 16.0 Å². The molecule has 0 saturated heterocycles. The van der Waals surface area contributed by atoms with Crippen LogP contribution < -0.4 is 5.32 Å². The van der Waals surface area contributed by atoms with E-state index in [0.29, 0.717) is 30.1 Å². The van der Waals surface area contributed by atoms with Crippen molar-refractivity contribution in [3.05, 3.63) is 80.7 Å². The van der Waals surface area contributed by atoms with E-state index >= 15 is 0 Å². The summed E-state index contributed by atoms with van der Waals surface area (Å²) in [6.07, 6.45) is 3.24. The molecule has 0 bridgehead atoms. The lowest BCUT2D eigenvalue weighted by Gasteiger charge is -2.25. The molecule has 0 aliphatic carbocycles. The van der Waals surface area contributed by atoms with Gasteiger partial charge in [0.05, 0.1) is 28.8 Å². The highest BCUT2D eigenvalue weighted by molar-refractivity contribution is 7.23. The largest absolute Gasteiger partial charge is 0.453 e. The van der Waals surface area contributed by atoms with E-state index in [9.17, 15) is 19.7 Å². The summed E-state index contributed by atoms with van der Waals surface area (Å²) in [7, 11) is 1.36. The van der Waals surface area contributed by atoms with Crippen LogP contribution in [0.25, 0.3) is 26.9 Å². The Balaban J connectivity index is 1.46. The molecule has 2 amide bonds. The Kier molecular flexibility index (Phi) is 6.49. The number of nitro benzene ring substituents is 1. The minimum Gasteiger partial charge on any atom is -0.453 e. The van der Waals surface area contributed by atoms with Gasteiger partial charge in [0.2, 0.25) is 5.91 Å². The zero-order valence-corrected chi connectivity index (χ0v) is 20.7. The SMILES string of the molecule is COC(=O)N1CCc2c(sc(NC(=O)/C=C/c3ccc([N+](=O)[O-])cc3)c2-c2nc3ccccc3s2)C1. The molecule has 0 spiro atoms. The van der Waals surface area contributed by atoms with E-state index in [1.807, 2.05) is 24.3 Å². The van der Waals surface area contributed by atoms with Crippen LogP contribution in [0.4, 0.5) is 15.5 Å². The number of aromatic nitrogens is 1. The van der Waals surface area contributed by atoms with Gasteiger partial charge in [0.1, 0.15) is 10.0 Å². The highest BCUT2D eigenvalue weighted by Gasteiger charge is 2.29. The number of non-ortho nitro benzene ring substituents is 1. The smallest absolute Gasteiger partial charge is 0.409 e. The van der Waals surface area contributed by atoms with Crippen molar-refractivity contribution < 1.29 is 19.2 Å². The van der Waals surface area contributed by atoms with Crippen molar-refractivity contribution >= 4 is 61.7 Å². The van der Waals surface area contributed by atoms with Crippen molar-refractivity contribution in [2.45, 2.75) is 13.0 Å². The second kappa shape index (κ2) is 9.88. The number of thiazole rings is 1. The van der Waals surface area contributed by atoms with E-state index in [-0.39, 0.29) is 17.7 Å². The fourth-order valence-corrected chi connectivity index (χ4v) is 6.39. The van der Waals surface area contributed by atoms with E-state index in [2.05, 4.69) is 5.32 Å². The predicted molar refractivity (Wildman–Crippen MR) is 140 cm³/mol. The molecule has 1 aliphatic heterocycles. The summed E-state index contributed by atoms with van der Waals surface area (Å²) in [6, 6.07) is 13.8. The molecule has 0 fully saturated rings. The summed E-state index contributed by atoms with van der Waals surface area (Å²) in [6.45, 7) is 0.917. The second-order valence-electron chi connectivity index (χ2n) is 8.01. The predicted octanol–water partition coefficient (Wildman–Crippen LogP) is 5.71. The van der Waals surface area contributed by atoms with Crippen molar-refractivity contribution in [3.8, 4) is 10.6 Å². The van der Waals surface area contributed by atoms with Crippen molar-refractivity contribution in [1.29, 1.82) is 0 Å². The number of para-hydroxylation sites is 1. The average Bonchev–Trinajstić information content (AvgIpc) is 3.47. The Hall–Kier alpha value is -4.09. The van der Waals surface area contributed by atoms with Gasteiger partial charge in [-0.3, -0.25) is 14.9 Å². The molecule has 5 rings (SSSR count). The highest BCUT2D eigenvalue weighted by atomic mass is 32.1. The second-order valence-corrected chi connectivity index (χ2v) is 10.1. The molecule has 0 saturated carbocycles. The molecule has 11 heteroatoms. The van der Waals surface area contributed by atoms with Gasteiger partial charge < -0.3 is 15.0 Å². The van der Waals surface area contributed by atoms with Crippen LogP contribution in [-0.2, 0) is 22.5 Å². The number of hydrogen-bond acceptors (Lipinski definition) is 8. The maximum absolute atomic E-state index is 12.8. The summed E-state index contributed by atoms with van der Waals surface area (Å²) in [4.78, 5) is 42.7. The Morgan fingerprint density at radius 3 is 2.67 bits per heavy atom. The molecule has 3 heterocycles. The fraction of sp³-hybridized carbons (Fsp3) is 0.160. The van der Waals surface area contributed by atoms with Crippen LogP contribution in [0.2, 0.25) is 0 Å². The third-order valence-electron chi connectivity index (χ3n) is 5.77. The summed E-state index contributed by atoms with van der Waals surface area (Å²) in [5.41, 5.74) is 3.51. The molecule has 0 radical (unpaired) electrons. The molecule has 182 valence electrons. The number of carbonyl (C=O) groups is 2. The van der Waals surface area contributed by atoms with Crippen LogP contribution in [0, 0.1) is 10.1 Å². The standard InChI is InChI=1S/C25H20N4O5S2/c1-34-25(31)28-13-12-17-20(14-28)36-24(22(17)23-26-18-4-2-3-5-19(18)35-23)27-21(30)11-8-15-6-9-16(10-7-15)29(32)33/h2-11H,12-14H2,1H3,(H,27,30)/b11-8+. The van der Waals surface area contributed by atoms with Crippen LogP contribution in [-0.4, -0.2) is 40.5 Å². The summed E-state index contributed by atoms with van der Waals surface area (Å²) in [5.74, 6) is -0.334. The van der Waals surface area contributed by atoms with E-state index in [4.69, 9.17) is 9.72 Å². The minimum atomic E-state index is -0.469. The number of benzene rings is 2. The van der Waals surface area contributed by atoms with E-state index < -0.39 is 4.92 Å². The molecule has 1 aliphatic rings. The first-order chi connectivity index (χ1) is 17.4. The molecule has 9 nitrogen and oxygen atoms in total. The maximum Gasteiger partial charge on any atom is 0.409 e. The topological polar surface area (TPSA) is 115 Å². The number of amides is 2. The first kappa shape index (κ1) is 23.6. The maximum atomic E-state index is 12.8. The van der Waals surface area contributed by atoms with Gasteiger partial charge >= 0.3 is 6.09 Å². The minimum absolute atomic E-state index is 0.0118. The summed E-state index contributed by atoms with van der Waals surface area (Å²) >= 11 is 2.99. The summed E-state index contributed by atoms with van der Waals surface area (Å²) in [5, 5.41) is 15.3. The number of nitrogens with one attached hydrogen (secondary N) is 1. The first-order valence-corrected chi connectivity index (χ1v) is 12.6.